The first-order valence-electron chi connectivity index (χ1n) is 21.8. The van der Waals surface area contributed by atoms with E-state index in [2.05, 4.69) is 134 Å². The fraction of sp³-hybridized carbons (Fsp3) is 0.673. The molecule has 0 aromatic heterocycles. The highest BCUT2D eigenvalue weighted by Gasteiger charge is 2.69. The highest BCUT2D eigenvalue weighted by atomic mass is 16.4. The van der Waals surface area contributed by atoms with Gasteiger partial charge in [0.1, 0.15) is 0 Å². The average molecular weight is 778 g/mol. The Bertz CT molecular complexity index is 1570. The average Bonchev–Trinajstić information content (AvgIpc) is 3.62. The maximum absolute atomic E-state index is 11.5. The lowest BCUT2D eigenvalue weighted by molar-refractivity contribution is -0.217. The molecular weight excluding hydrogens is 699 g/mol. The summed E-state index contributed by atoms with van der Waals surface area (Å²) in [5.41, 5.74) is 4.82. The summed E-state index contributed by atoms with van der Waals surface area (Å²) in [5.74, 6) is 2.22. The number of fused-ring (bicyclic) bond motifs is 7. The monoisotopic (exact) mass is 778 g/mol. The summed E-state index contributed by atoms with van der Waals surface area (Å²) in [6.45, 7) is 32.7. The number of rotatable bonds is 6. The molecule has 5 aliphatic carbocycles. The van der Waals surface area contributed by atoms with Crippen LogP contribution in [0.3, 0.4) is 0 Å². The molecular formula is C52H79N3O2. The third-order valence-electron chi connectivity index (χ3n) is 16.6. The van der Waals surface area contributed by atoms with Gasteiger partial charge in [-0.2, -0.15) is 0 Å². The summed E-state index contributed by atoms with van der Waals surface area (Å²) in [6, 6.07) is 7.68. The van der Waals surface area contributed by atoms with E-state index in [1.54, 1.807) is 18.2 Å². The molecule has 5 fully saturated rings. The quantitative estimate of drug-likeness (QED) is 0.223. The zero-order valence-corrected chi connectivity index (χ0v) is 37.5. The van der Waals surface area contributed by atoms with Crippen LogP contribution in [0.25, 0.3) is 5.57 Å². The van der Waals surface area contributed by atoms with Gasteiger partial charge in [0.05, 0.1) is 5.56 Å². The van der Waals surface area contributed by atoms with E-state index in [9.17, 15) is 9.90 Å². The zero-order valence-electron chi connectivity index (χ0n) is 37.5. The molecule has 1 aromatic rings. The predicted molar refractivity (Wildman–Crippen MR) is 244 cm³/mol. The molecule has 6 aliphatic rings. The third kappa shape index (κ3) is 8.86. The number of carbonyl (C=O) groups is 1. The van der Waals surface area contributed by atoms with Crippen molar-refractivity contribution in [2.24, 2.45) is 45.3 Å². The van der Waals surface area contributed by atoms with Gasteiger partial charge in [0.2, 0.25) is 0 Å². The van der Waals surface area contributed by atoms with Crippen molar-refractivity contribution in [3.05, 3.63) is 54.1 Å². The Morgan fingerprint density at radius 2 is 1.42 bits per heavy atom. The van der Waals surface area contributed by atoms with Gasteiger partial charge in [-0.3, -0.25) is 9.80 Å². The summed E-state index contributed by atoms with van der Waals surface area (Å²) >= 11 is 0. The van der Waals surface area contributed by atoms with Gasteiger partial charge < -0.3 is 10.4 Å². The number of nitrogens with zero attached hydrogens (tertiary/aromatic N) is 2. The first-order valence-corrected chi connectivity index (χ1v) is 21.8. The highest BCUT2D eigenvalue weighted by molar-refractivity contribution is 5.88. The smallest absolute Gasteiger partial charge is 0.335 e. The van der Waals surface area contributed by atoms with E-state index >= 15 is 0 Å². The number of hydrogen-bond acceptors (Lipinski definition) is 4. The maximum Gasteiger partial charge on any atom is 0.335 e. The van der Waals surface area contributed by atoms with Gasteiger partial charge in [-0.25, -0.2) is 4.79 Å². The molecule has 1 heterocycles. The van der Waals surface area contributed by atoms with Gasteiger partial charge >= 0.3 is 5.97 Å². The Morgan fingerprint density at radius 3 is 1.98 bits per heavy atom. The second-order valence-electron chi connectivity index (χ2n) is 20.1. The van der Waals surface area contributed by atoms with Crippen molar-refractivity contribution >= 4 is 11.5 Å². The molecule has 0 bridgehead atoms. The summed E-state index contributed by atoms with van der Waals surface area (Å²) in [6.07, 6.45) is 41.9. The molecule has 0 radical (unpaired) electrons. The first kappa shape index (κ1) is 48.1. The second kappa shape index (κ2) is 19.2. The van der Waals surface area contributed by atoms with Crippen molar-refractivity contribution in [2.45, 2.75) is 138 Å². The predicted octanol–water partition coefficient (Wildman–Crippen LogP) is 10.9. The lowest BCUT2D eigenvalue weighted by Crippen LogP contribution is -2.67. The Labute approximate surface area is 350 Å². The van der Waals surface area contributed by atoms with Gasteiger partial charge in [-0.15, -0.1) is 45.1 Å². The number of piperazine rings is 1. The normalized spacial score (nSPS) is 35.2. The summed E-state index contributed by atoms with van der Waals surface area (Å²) < 4.78 is 0. The summed E-state index contributed by atoms with van der Waals surface area (Å²) in [4.78, 5) is 16.9. The van der Waals surface area contributed by atoms with E-state index in [0.29, 0.717) is 33.3 Å². The van der Waals surface area contributed by atoms with Crippen molar-refractivity contribution < 1.29 is 9.90 Å². The zero-order chi connectivity index (χ0) is 43.0. The molecule has 57 heavy (non-hydrogen) atoms. The minimum Gasteiger partial charge on any atom is -0.478 e. The van der Waals surface area contributed by atoms with Crippen molar-refractivity contribution in [3.8, 4) is 38.5 Å². The maximum atomic E-state index is 11.5. The molecule has 4 saturated carbocycles. The third-order valence-corrected chi connectivity index (χ3v) is 16.6. The molecule has 8 atom stereocenters. The van der Waals surface area contributed by atoms with Gasteiger partial charge in [0.15, 0.2) is 0 Å². The number of allylic oxidation sites excluding steroid dienone is 3. The molecule has 2 N–H and O–H groups in total. The van der Waals surface area contributed by atoms with Crippen molar-refractivity contribution in [1.82, 2.24) is 15.1 Å². The number of benzene rings is 1. The molecule has 5 heteroatoms. The molecule has 1 aromatic carbocycles. The SMILES string of the molecule is C#C.C#C.C#C.C=CC.CC1(C)C(c2ccc(C(=O)O)cc2)=CC[C@@]2(C)C1CC[C@]1(C)C2CC[C@@H]2C3CCC[C@]3(NCCN3CCN(C(C)(C)C)CC3)CC[C@]21C. The standard InChI is InChI=1S/C43H67N3O2.C3H6.3C2H2/c1-38(2,3)46-28-26-45(27-29-46)25-24-44-43-19-9-10-34(43)33-15-16-36-40(6)20-17-32(30-11-13-31(14-12-30)37(47)48)39(4,5)35(40)18-21-42(36,8)41(33,7)22-23-43;1-3-2;3*1-2/h11-14,17,33-36,44H,9-10,15-16,18-29H2,1-8H3,(H,47,48);3H,1H2,2H3;3*1-2H/t33-,34?,35?,36?,40+,41-,42-,43+;;;;/m1..../s1. The number of terminal acetylenes is 3. The van der Waals surface area contributed by atoms with E-state index in [1.807, 2.05) is 6.92 Å². The Balaban J connectivity index is 0.000000899. The lowest BCUT2D eigenvalue weighted by atomic mass is 9.33. The minimum absolute atomic E-state index is 0.0628. The van der Waals surface area contributed by atoms with Crippen LogP contribution < -0.4 is 5.32 Å². The van der Waals surface area contributed by atoms with E-state index < -0.39 is 5.97 Å². The van der Waals surface area contributed by atoms with Crippen LogP contribution in [0.1, 0.15) is 142 Å². The number of aromatic carboxylic acids is 1. The minimum atomic E-state index is -0.847. The molecule has 3 unspecified atom stereocenters. The van der Waals surface area contributed by atoms with Crippen LogP contribution in [0.2, 0.25) is 0 Å². The Kier molecular flexibility index (Phi) is 16.2. The second-order valence-corrected chi connectivity index (χ2v) is 20.1. The molecule has 7 rings (SSSR count). The van der Waals surface area contributed by atoms with Crippen molar-refractivity contribution in [2.75, 3.05) is 39.3 Å². The Hall–Kier alpha value is -3.27. The molecule has 0 amide bonds. The molecule has 314 valence electrons. The van der Waals surface area contributed by atoms with Crippen molar-refractivity contribution in [3.63, 3.8) is 0 Å². The van der Waals surface area contributed by atoms with Crippen LogP contribution >= 0.6 is 0 Å². The molecule has 5 nitrogen and oxygen atoms in total. The van der Waals surface area contributed by atoms with Crippen LogP contribution in [0.5, 0.6) is 0 Å². The van der Waals surface area contributed by atoms with E-state index in [1.165, 1.54) is 102 Å². The van der Waals surface area contributed by atoms with Gasteiger partial charge in [0, 0.05) is 50.3 Å². The topological polar surface area (TPSA) is 55.8 Å². The van der Waals surface area contributed by atoms with Gasteiger partial charge in [-0.1, -0.05) is 65.3 Å². The number of hydrogen-bond donors (Lipinski definition) is 2. The largest absolute Gasteiger partial charge is 0.478 e. The van der Waals surface area contributed by atoms with E-state index in [0.717, 1.165) is 30.7 Å². The fourth-order valence-electron chi connectivity index (χ4n) is 13.9. The van der Waals surface area contributed by atoms with Crippen LogP contribution in [-0.2, 0) is 0 Å². The van der Waals surface area contributed by atoms with Gasteiger partial charge in [-0.05, 0) is 154 Å². The molecule has 1 saturated heterocycles. The number of carboxylic acid groups (broad SMARTS) is 1. The molecule has 0 spiro atoms. The van der Waals surface area contributed by atoms with Crippen LogP contribution in [0.4, 0.5) is 0 Å². The van der Waals surface area contributed by atoms with E-state index in [4.69, 9.17) is 0 Å². The number of carboxylic acids is 1. The summed E-state index contributed by atoms with van der Waals surface area (Å²) in [5, 5.41) is 13.8. The highest BCUT2D eigenvalue weighted by Crippen LogP contribution is 2.76. The van der Waals surface area contributed by atoms with Crippen molar-refractivity contribution in [1.29, 1.82) is 0 Å². The fourth-order valence-corrected chi connectivity index (χ4v) is 13.9. The lowest BCUT2D eigenvalue weighted by Gasteiger charge is -2.72. The van der Waals surface area contributed by atoms with E-state index in [-0.39, 0.29) is 11.0 Å². The van der Waals surface area contributed by atoms with Gasteiger partial charge in [0.25, 0.3) is 0 Å². The Morgan fingerprint density at radius 1 is 0.825 bits per heavy atom. The van der Waals surface area contributed by atoms with Crippen LogP contribution in [0, 0.1) is 83.9 Å². The van der Waals surface area contributed by atoms with Crippen LogP contribution in [-0.4, -0.2) is 71.2 Å². The number of nitrogens with one attached hydrogen (secondary N) is 1. The van der Waals surface area contributed by atoms with Crippen LogP contribution in [0.15, 0.2) is 43.0 Å². The summed E-state index contributed by atoms with van der Waals surface area (Å²) in [7, 11) is 0. The first-order chi connectivity index (χ1) is 27.0. The molecule has 1 aliphatic heterocycles.